The van der Waals surface area contributed by atoms with Gasteiger partial charge in [0.05, 0.1) is 11.3 Å². The first-order chi connectivity index (χ1) is 9.89. The van der Waals surface area contributed by atoms with Gasteiger partial charge >= 0.3 is 6.18 Å². The topological polar surface area (TPSA) is 41.1 Å². The van der Waals surface area contributed by atoms with Crippen LogP contribution in [0.1, 0.15) is 21.5 Å². The van der Waals surface area contributed by atoms with E-state index in [-0.39, 0.29) is 5.69 Å². The van der Waals surface area contributed by atoms with E-state index in [1.54, 1.807) is 31.2 Å². The molecule has 0 bridgehead atoms. The number of halogens is 3. The summed E-state index contributed by atoms with van der Waals surface area (Å²) in [5.74, 6) is -0.495. The van der Waals surface area contributed by atoms with Crippen molar-refractivity contribution < 1.29 is 18.0 Å². The van der Waals surface area contributed by atoms with Crippen molar-refractivity contribution >= 4 is 11.6 Å². The predicted molar refractivity (Wildman–Crippen MR) is 73.7 cm³/mol. The smallest absolute Gasteiger partial charge is 0.298 e. The van der Waals surface area contributed by atoms with E-state index in [0.717, 1.165) is 11.6 Å². The minimum atomic E-state index is -4.49. The SMILES string of the molecule is Cc1ccccc1C(=O)NNc1ccccc1C(F)(F)F. The third kappa shape index (κ3) is 3.53. The fourth-order valence-electron chi connectivity index (χ4n) is 1.86. The van der Waals surface area contributed by atoms with Gasteiger partial charge < -0.3 is 0 Å². The number of nitrogens with one attached hydrogen (secondary N) is 2. The maximum absolute atomic E-state index is 12.8. The molecule has 0 unspecified atom stereocenters. The number of para-hydroxylation sites is 1. The summed E-state index contributed by atoms with van der Waals surface area (Å²) >= 11 is 0. The average molecular weight is 294 g/mol. The Balaban J connectivity index is 2.14. The van der Waals surface area contributed by atoms with E-state index in [9.17, 15) is 18.0 Å². The maximum atomic E-state index is 12.8. The quantitative estimate of drug-likeness (QED) is 0.846. The summed E-state index contributed by atoms with van der Waals surface area (Å²) in [5, 5.41) is 0. The lowest BCUT2D eigenvalue weighted by Gasteiger charge is -2.15. The lowest BCUT2D eigenvalue weighted by atomic mass is 10.1. The van der Waals surface area contributed by atoms with Crippen LogP contribution in [0.4, 0.5) is 18.9 Å². The molecule has 0 aliphatic heterocycles. The highest BCUT2D eigenvalue weighted by molar-refractivity contribution is 5.96. The molecule has 2 rings (SSSR count). The standard InChI is InChI=1S/C15H13F3N2O/c1-10-6-2-3-7-11(10)14(21)20-19-13-9-5-4-8-12(13)15(16,17)18/h2-9,19H,1H3,(H,20,21). The number of hydrogen-bond acceptors (Lipinski definition) is 2. The van der Waals surface area contributed by atoms with Crippen LogP contribution < -0.4 is 10.9 Å². The number of carbonyl (C=O) groups is 1. The second kappa shape index (κ2) is 5.87. The zero-order chi connectivity index (χ0) is 15.5. The van der Waals surface area contributed by atoms with E-state index in [2.05, 4.69) is 10.9 Å². The van der Waals surface area contributed by atoms with Gasteiger partial charge in [0.25, 0.3) is 5.91 Å². The summed E-state index contributed by atoms with van der Waals surface area (Å²) < 4.78 is 38.4. The normalized spacial score (nSPS) is 11.0. The number of hydrazine groups is 1. The highest BCUT2D eigenvalue weighted by Crippen LogP contribution is 2.34. The van der Waals surface area contributed by atoms with Crippen molar-refractivity contribution in [2.45, 2.75) is 13.1 Å². The van der Waals surface area contributed by atoms with E-state index >= 15 is 0 Å². The zero-order valence-corrected chi connectivity index (χ0v) is 11.2. The van der Waals surface area contributed by atoms with Crippen molar-refractivity contribution in [1.82, 2.24) is 5.43 Å². The van der Waals surface area contributed by atoms with Crippen LogP contribution >= 0.6 is 0 Å². The van der Waals surface area contributed by atoms with Crippen molar-refractivity contribution in [2.24, 2.45) is 0 Å². The van der Waals surface area contributed by atoms with E-state index in [0.29, 0.717) is 5.56 Å². The minimum Gasteiger partial charge on any atom is -0.298 e. The van der Waals surface area contributed by atoms with Gasteiger partial charge in [-0.1, -0.05) is 30.3 Å². The first-order valence-corrected chi connectivity index (χ1v) is 6.18. The number of amides is 1. The molecule has 2 N–H and O–H groups in total. The molecule has 1 amide bonds. The number of aryl methyl sites for hydroxylation is 1. The Kier molecular flexibility index (Phi) is 4.16. The summed E-state index contributed by atoms with van der Waals surface area (Å²) in [6.07, 6.45) is -4.49. The average Bonchev–Trinajstić information content (AvgIpc) is 2.44. The second-order valence-corrected chi connectivity index (χ2v) is 4.44. The van der Waals surface area contributed by atoms with Crippen LogP contribution in [-0.2, 0) is 6.18 Å². The van der Waals surface area contributed by atoms with Gasteiger partial charge in [-0.05, 0) is 30.7 Å². The summed E-state index contributed by atoms with van der Waals surface area (Å²) in [6.45, 7) is 1.75. The highest BCUT2D eigenvalue weighted by atomic mass is 19.4. The fraction of sp³-hybridized carbons (Fsp3) is 0.133. The van der Waals surface area contributed by atoms with Gasteiger partial charge in [-0.2, -0.15) is 13.2 Å². The predicted octanol–water partition coefficient (Wildman–Crippen LogP) is 3.77. The molecule has 21 heavy (non-hydrogen) atoms. The fourth-order valence-corrected chi connectivity index (χ4v) is 1.86. The lowest BCUT2D eigenvalue weighted by molar-refractivity contribution is -0.137. The summed E-state index contributed by atoms with van der Waals surface area (Å²) in [6, 6.07) is 11.8. The molecule has 0 heterocycles. The molecule has 0 atom stereocenters. The Hall–Kier alpha value is -2.50. The Morgan fingerprint density at radius 2 is 1.62 bits per heavy atom. The molecule has 2 aromatic carbocycles. The monoisotopic (exact) mass is 294 g/mol. The number of carbonyl (C=O) groups excluding carboxylic acids is 1. The number of benzene rings is 2. The van der Waals surface area contributed by atoms with Crippen LogP contribution in [0.5, 0.6) is 0 Å². The Labute approximate surface area is 119 Å². The molecule has 6 heteroatoms. The molecular weight excluding hydrogens is 281 g/mol. The van der Waals surface area contributed by atoms with Crippen LogP contribution in [0.2, 0.25) is 0 Å². The molecule has 0 aliphatic carbocycles. The van der Waals surface area contributed by atoms with Gasteiger partial charge in [0.1, 0.15) is 0 Å². The van der Waals surface area contributed by atoms with Gasteiger partial charge in [0, 0.05) is 5.56 Å². The molecular formula is C15H13F3N2O. The summed E-state index contributed by atoms with van der Waals surface area (Å²) in [7, 11) is 0. The molecule has 0 radical (unpaired) electrons. The van der Waals surface area contributed by atoms with Crippen molar-refractivity contribution in [3.05, 3.63) is 65.2 Å². The third-order valence-corrected chi connectivity index (χ3v) is 2.93. The van der Waals surface area contributed by atoms with Gasteiger partial charge in [0.2, 0.25) is 0 Å². The summed E-state index contributed by atoms with van der Waals surface area (Å²) in [5.41, 5.74) is 4.70. The molecule has 0 saturated carbocycles. The van der Waals surface area contributed by atoms with E-state index in [1.165, 1.54) is 18.2 Å². The zero-order valence-electron chi connectivity index (χ0n) is 11.2. The molecule has 2 aromatic rings. The first-order valence-electron chi connectivity index (χ1n) is 6.18. The minimum absolute atomic E-state index is 0.202. The van der Waals surface area contributed by atoms with E-state index < -0.39 is 17.6 Å². The number of hydrogen-bond donors (Lipinski definition) is 2. The molecule has 0 saturated heterocycles. The largest absolute Gasteiger partial charge is 0.418 e. The number of rotatable bonds is 3. The van der Waals surface area contributed by atoms with E-state index in [4.69, 9.17) is 0 Å². The van der Waals surface area contributed by atoms with Crippen LogP contribution in [0.15, 0.2) is 48.5 Å². The van der Waals surface area contributed by atoms with Crippen LogP contribution in [0, 0.1) is 6.92 Å². The van der Waals surface area contributed by atoms with Crippen molar-refractivity contribution in [2.75, 3.05) is 5.43 Å². The third-order valence-electron chi connectivity index (χ3n) is 2.93. The Bertz CT molecular complexity index is 653. The number of anilines is 1. The molecule has 110 valence electrons. The highest BCUT2D eigenvalue weighted by Gasteiger charge is 2.33. The molecule has 3 nitrogen and oxygen atoms in total. The second-order valence-electron chi connectivity index (χ2n) is 4.44. The van der Waals surface area contributed by atoms with Gasteiger partial charge in [0.15, 0.2) is 0 Å². The van der Waals surface area contributed by atoms with Crippen molar-refractivity contribution in [3.63, 3.8) is 0 Å². The van der Waals surface area contributed by atoms with Crippen molar-refractivity contribution in [3.8, 4) is 0 Å². The summed E-state index contributed by atoms with van der Waals surface area (Å²) in [4.78, 5) is 11.9. The van der Waals surface area contributed by atoms with Crippen LogP contribution in [0.3, 0.4) is 0 Å². The first kappa shape index (κ1) is 14.9. The number of alkyl halides is 3. The van der Waals surface area contributed by atoms with E-state index in [1.807, 2.05) is 0 Å². The van der Waals surface area contributed by atoms with Crippen LogP contribution in [-0.4, -0.2) is 5.91 Å². The Morgan fingerprint density at radius 1 is 1.00 bits per heavy atom. The molecule has 0 spiro atoms. The van der Waals surface area contributed by atoms with Gasteiger partial charge in [-0.15, -0.1) is 0 Å². The molecule has 0 aromatic heterocycles. The maximum Gasteiger partial charge on any atom is 0.418 e. The van der Waals surface area contributed by atoms with Gasteiger partial charge in [-0.25, -0.2) is 0 Å². The lowest BCUT2D eigenvalue weighted by Crippen LogP contribution is -2.31. The van der Waals surface area contributed by atoms with Gasteiger partial charge in [-0.3, -0.25) is 15.6 Å². The molecule has 0 aliphatic rings. The van der Waals surface area contributed by atoms with Crippen molar-refractivity contribution in [1.29, 1.82) is 0 Å². The molecule has 0 fully saturated rings. The van der Waals surface area contributed by atoms with Crippen LogP contribution in [0.25, 0.3) is 0 Å². The Morgan fingerprint density at radius 3 is 2.29 bits per heavy atom.